The number of carbonyl (C=O) groups is 2. The Kier molecular flexibility index (Phi) is 9.74. The van der Waals surface area contributed by atoms with Gasteiger partial charge in [-0.25, -0.2) is 4.42 Å². The number of anilines is 1. The fourth-order valence-corrected chi connectivity index (χ4v) is 3.37. The summed E-state index contributed by atoms with van der Waals surface area (Å²) in [6.07, 6.45) is 0. The first-order chi connectivity index (χ1) is 15.8. The molecule has 2 aromatic carbocycles. The predicted octanol–water partition coefficient (Wildman–Crippen LogP) is 5.38. The first kappa shape index (κ1) is 26.2. The van der Waals surface area contributed by atoms with Crippen molar-refractivity contribution in [2.45, 2.75) is 26.8 Å². The number of hydrogen-bond acceptors (Lipinski definition) is 8. The van der Waals surface area contributed by atoms with E-state index in [1.807, 2.05) is 0 Å². The predicted molar refractivity (Wildman–Crippen MR) is 126 cm³/mol. The van der Waals surface area contributed by atoms with Crippen LogP contribution in [0.2, 0.25) is 5.02 Å². The van der Waals surface area contributed by atoms with Crippen LogP contribution < -0.4 is 23.4 Å². The van der Waals surface area contributed by atoms with E-state index >= 15 is 0 Å². The van der Waals surface area contributed by atoms with E-state index in [-0.39, 0.29) is 22.1 Å². The number of nitrogens with zero attached hydrogens (tertiary/aromatic N) is 3. The summed E-state index contributed by atoms with van der Waals surface area (Å²) in [5.41, 5.74) is 0.345. The minimum Gasteiger partial charge on any atom is -0.493 e. The maximum atomic E-state index is 13.2. The lowest BCUT2D eigenvalue weighted by molar-refractivity contribution is -0.126. The van der Waals surface area contributed by atoms with E-state index in [1.54, 1.807) is 38.1 Å². The van der Waals surface area contributed by atoms with Gasteiger partial charge in [0.25, 0.3) is 5.91 Å². The zero-order valence-corrected chi connectivity index (χ0v) is 20.4. The molecule has 1 unspecified atom stereocenters. The van der Waals surface area contributed by atoms with Crippen molar-refractivity contribution in [3.8, 4) is 23.0 Å². The minimum absolute atomic E-state index is 0.110. The molecule has 0 saturated heterocycles. The molecule has 1 amide bonds. The van der Waals surface area contributed by atoms with Gasteiger partial charge in [0.2, 0.25) is 6.04 Å². The summed E-state index contributed by atoms with van der Waals surface area (Å²) >= 11 is 12.7. The Bertz CT molecular complexity index is 1010. The number of azo groups is 1. The van der Waals surface area contributed by atoms with Crippen LogP contribution >= 0.6 is 23.4 Å². The van der Waals surface area contributed by atoms with Crippen molar-refractivity contribution in [2.24, 2.45) is 10.2 Å². The van der Waals surface area contributed by atoms with Crippen LogP contribution in [0.15, 0.2) is 40.6 Å². The van der Waals surface area contributed by atoms with Crippen molar-refractivity contribution in [3.05, 3.63) is 35.4 Å². The Balaban J connectivity index is 2.44. The Labute approximate surface area is 202 Å². The Morgan fingerprint density at radius 3 is 2.09 bits per heavy atom. The van der Waals surface area contributed by atoms with E-state index in [1.165, 1.54) is 27.2 Å². The lowest BCUT2D eigenvalue weighted by Gasteiger charge is -2.22. The maximum Gasteiger partial charge on any atom is 0.276 e. The van der Waals surface area contributed by atoms with Gasteiger partial charge in [-0.3, -0.25) is 9.59 Å². The number of hydrogen-bond donors (Lipinski definition) is 0. The average Bonchev–Trinajstić information content (AvgIpc) is 2.79. The van der Waals surface area contributed by atoms with Crippen LogP contribution in [0.4, 0.5) is 11.4 Å². The highest BCUT2D eigenvalue weighted by molar-refractivity contribution is 6.40. The number of amides is 1. The summed E-state index contributed by atoms with van der Waals surface area (Å²) in [7, 11) is 2.88. The Morgan fingerprint density at radius 1 is 1.00 bits per heavy atom. The highest BCUT2D eigenvalue weighted by atomic mass is 35.5. The van der Waals surface area contributed by atoms with Gasteiger partial charge in [-0.2, -0.15) is 10.2 Å². The van der Waals surface area contributed by atoms with Crippen molar-refractivity contribution in [2.75, 3.05) is 31.9 Å². The summed E-state index contributed by atoms with van der Waals surface area (Å²) in [5, 5.41) is 8.02. The molecule has 1 atom stereocenters. The molecule has 2 aromatic rings. The molecule has 0 N–H and O–H groups in total. The third-order valence-electron chi connectivity index (χ3n) is 4.32. The number of halogens is 2. The number of methoxy groups -OCH3 is 2. The van der Waals surface area contributed by atoms with Gasteiger partial charge in [-0.1, -0.05) is 17.7 Å². The summed E-state index contributed by atoms with van der Waals surface area (Å²) < 4.78 is 22.3. The normalized spacial score (nSPS) is 11.7. The smallest absolute Gasteiger partial charge is 0.276 e. The molecule has 0 radical (unpaired) electrons. The highest BCUT2D eigenvalue weighted by Gasteiger charge is 2.32. The molecule has 0 aliphatic rings. The summed E-state index contributed by atoms with van der Waals surface area (Å²) in [5.74, 6) is -0.144. The molecule has 0 aliphatic heterocycles. The van der Waals surface area contributed by atoms with Crippen molar-refractivity contribution < 1.29 is 28.5 Å². The summed E-state index contributed by atoms with van der Waals surface area (Å²) in [6, 6.07) is 6.54. The Hall–Kier alpha value is -3.04. The van der Waals surface area contributed by atoms with Gasteiger partial charge in [0.1, 0.15) is 27.9 Å². The van der Waals surface area contributed by atoms with Gasteiger partial charge in [0.05, 0.1) is 27.4 Å². The van der Waals surface area contributed by atoms with Crippen molar-refractivity contribution in [3.63, 3.8) is 0 Å². The molecule has 33 heavy (non-hydrogen) atoms. The number of ether oxygens (including phenoxy) is 4. The van der Waals surface area contributed by atoms with Crippen LogP contribution in [0.1, 0.15) is 20.8 Å². The third-order valence-corrected chi connectivity index (χ3v) is 5.02. The number of para-hydroxylation sites is 1. The molecule has 0 aliphatic carbocycles. The second-order valence-electron chi connectivity index (χ2n) is 6.45. The van der Waals surface area contributed by atoms with E-state index in [2.05, 4.69) is 10.2 Å². The summed E-state index contributed by atoms with van der Waals surface area (Å²) in [6.45, 7) is 5.44. The van der Waals surface area contributed by atoms with Gasteiger partial charge >= 0.3 is 0 Å². The van der Waals surface area contributed by atoms with E-state index in [4.69, 9.17) is 42.3 Å². The standard InChI is InChI=1S/C22H25Cl2N3O6/c1-6-32-15-9-8-10-16(33-7-2)20(15)27(24)22(29)19(13(3)28)26-25-14-11-12-17(30-4)21(31-5)18(14)23/h8-12,19H,6-7H2,1-5H3. The average molecular weight is 498 g/mol. The fraction of sp³-hybridized carbons (Fsp3) is 0.364. The van der Waals surface area contributed by atoms with Crippen LogP contribution in [0.5, 0.6) is 23.0 Å². The van der Waals surface area contributed by atoms with Gasteiger partial charge in [0.15, 0.2) is 17.3 Å². The molecule has 0 aromatic heterocycles. The van der Waals surface area contributed by atoms with Gasteiger partial charge < -0.3 is 18.9 Å². The molecule has 0 fully saturated rings. The number of rotatable bonds is 11. The zero-order chi connectivity index (χ0) is 24.5. The molecule has 9 nitrogen and oxygen atoms in total. The van der Waals surface area contributed by atoms with E-state index in [0.717, 1.165) is 4.42 Å². The van der Waals surface area contributed by atoms with Crippen molar-refractivity contribution >= 4 is 46.4 Å². The first-order valence-corrected chi connectivity index (χ1v) is 10.7. The molecule has 0 saturated carbocycles. The molecule has 0 spiro atoms. The number of benzene rings is 2. The second-order valence-corrected chi connectivity index (χ2v) is 7.17. The van der Waals surface area contributed by atoms with Gasteiger partial charge in [-0.05, 0) is 45.0 Å². The van der Waals surface area contributed by atoms with Crippen molar-refractivity contribution in [1.82, 2.24) is 0 Å². The topological polar surface area (TPSA) is 99.0 Å². The molecule has 2 rings (SSSR count). The van der Waals surface area contributed by atoms with Crippen LogP contribution in [-0.4, -0.2) is 45.2 Å². The summed E-state index contributed by atoms with van der Waals surface area (Å²) in [4.78, 5) is 25.4. The first-order valence-electron chi connectivity index (χ1n) is 10.0. The lowest BCUT2D eigenvalue weighted by Crippen LogP contribution is -2.36. The second kappa shape index (κ2) is 12.3. The van der Waals surface area contributed by atoms with Crippen LogP contribution in [0.3, 0.4) is 0 Å². The van der Waals surface area contributed by atoms with E-state index in [0.29, 0.717) is 30.5 Å². The van der Waals surface area contributed by atoms with Crippen LogP contribution in [0.25, 0.3) is 0 Å². The van der Waals surface area contributed by atoms with Gasteiger partial charge in [-0.15, -0.1) is 0 Å². The zero-order valence-electron chi connectivity index (χ0n) is 18.9. The number of ketones is 1. The molecular weight excluding hydrogens is 473 g/mol. The molecule has 0 heterocycles. The largest absolute Gasteiger partial charge is 0.493 e. The number of Topliss-reactive ketones (excluding diaryl/α,β-unsaturated/α-hetero) is 1. The Morgan fingerprint density at radius 2 is 1.61 bits per heavy atom. The minimum atomic E-state index is -1.53. The third kappa shape index (κ3) is 6.06. The molecule has 0 bridgehead atoms. The van der Waals surface area contributed by atoms with Crippen molar-refractivity contribution in [1.29, 1.82) is 0 Å². The highest BCUT2D eigenvalue weighted by Crippen LogP contribution is 2.42. The van der Waals surface area contributed by atoms with Gasteiger partial charge in [0, 0.05) is 11.8 Å². The number of carbonyl (C=O) groups excluding carboxylic acids is 2. The van der Waals surface area contributed by atoms with Crippen LogP contribution in [-0.2, 0) is 9.59 Å². The molecule has 11 heteroatoms. The maximum absolute atomic E-state index is 13.2. The monoisotopic (exact) mass is 497 g/mol. The SMILES string of the molecule is CCOc1cccc(OCC)c1N(Cl)C(=O)C(N=Nc1ccc(OC)c(OC)c1Cl)C(C)=O. The molecule has 178 valence electrons. The lowest BCUT2D eigenvalue weighted by atomic mass is 10.2. The fourth-order valence-electron chi connectivity index (χ4n) is 2.84. The van der Waals surface area contributed by atoms with E-state index < -0.39 is 17.7 Å². The quantitative estimate of drug-likeness (QED) is 0.234. The van der Waals surface area contributed by atoms with E-state index in [9.17, 15) is 9.59 Å². The molecular formula is C22H25Cl2N3O6. The van der Waals surface area contributed by atoms with Crippen LogP contribution in [0, 0.1) is 0 Å².